The lowest BCUT2D eigenvalue weighted by molar-refractivity contribution is 0.209. The maximum absolute atomic E-state index is 6.61. The van der Waals surface area contributed by atoms with Gasteiger partial charge in [-0.2, -0.15) is 0 Å². The van der Waals surface area contributed by atoms with Crippen LogP contribution in [0.4, 0.5) is 0 Å². The van der Waals surface area contributed by atoms with Gasteiger partial charge in [0.2, 0.25) is 0 Å². The van der Waals surface area contributed by atoms with Crippen molar-refractivity contribution in [2.75, 3.05) is 13.2 Å². The van der Waals surface area contributed by atoms with Crippen LogP contribution in [0.5, 0.6) is 0 Å². The zero-order chi connectivity index (χ0) is 13.5. The van der Waals surface area contributed by atoms with Crippen LogP contribution in [0.25, 0.3) is 0 Å². The summed E-state index contributed by atoms with van der Waals surface area (Å²) in [5.74, 6) is 0. The Morgan fingerprint density at radius 3 is 2.67 bits per heavy atom. The fourth-order valence-electron chi connectivity index (χ4n) is 2.80. The zero-order valence-electron chi connectivity index (χ0n) is 12.2. The van der Waals surface area contributed by atoms with E-state index in [1.54, 1.807) is 0 Å². The largest absolute Gasteiger partial charge is 0.436 e. The minimum Gasteiger partial charge on any atom is -0.436 e. The molecular formula is C13H28O3Si2. The first kappa shape index (κ1) is 16.4. The molecule has 0 aromatic carbocycles. The van der Waals surface area contributed by atoms with Crippen LogP contribution in [0.1, 0.15) is 32.6 Å². The predicted octanol–water partition coefficient (Wildman–Crippen LogP) is 3.95. The number of rotatable bonds is 6. The molecule has 3 nitrogen and oxygen atoms in total. The molecule has 2 radical (unpaired) electrons. The molecule has 1 rings (SSSR count). The Hall–Kier alpha value is 0.314. The van der Waals surface area contributed by atoms with Gasteiger partial charge in [-0.3, -0.25) is 0 Å². The molecule has 1 fully saturated rings. The van der Waals surface area contributed by atoms with Crippen molar-refractivity contribution in [2.45, 2.75) is 63.8 Å². The molecule has 106 valence electrons. The summed E-state index contributed by atoms with van der Waals surface area (Å²) in [6, 6.07) is 3.54. The maximum atomic E-state index is 6.61. The van der Waals surface area contributed by atoms with E-state index in [0.717, 1.165) is 19.1 Å². The SMILES string of the molecule is [CH]OCCC[Si]1(C)OCCCC[Si](C)(CCC)O1. The van der Waals surface area contributed by atoms with Crippen LogP contribution in [-0.2, 0) is 13.3 Å². The van der Waals surface area contributed by atoms with Gasteiger partial charge in [-0.05, 0) is 44.1 Å². The topological polar surface area (TPSA) is 27.7 Å². The Morgan fingerprint density at radius 2 is 2.00 bits per heavy atom. The van der Waals surface area contributed by atoms with Crippen molar-refractivity contribution < 1.29 is 13.3 Å². The average molecular weight is 289 g/mol. The van der Waals surface area contributed by atoms with Gasteiger partial charge in [-0.1, -0.05) is 19.8 Å². The van der Waals surface area contributed by atoms with Gasteiger partial charge < -0.3 is 13.3 Å². The second-order valence-electron chi connectivity index (χ2n) is 5.72. The molecule has 0 saturated carbocycles. The molecule has 2 unspecified atom stereocenters. The maximum Gasteiger partial charge on any atom is 0.324 e. The van der Waals surface area contributed by atoms with E-state index < -0.39 is 16.9 Å². The Balaban J connectivity index is 2.61. The van der Waals surface area contributed by atoms with Gasteiger partial charge in [-0.15, -0.1) is 0 Å². The second-order valence-corrected chi connectivity index (χ2v) is 13.5. The summed E-state index contributed by atoms with van der Waals surface area (Å²) in [6.45, 7) is 8.32. The molecule has 0 bridgehead atoms. The molecule has 1 heterocycles. The molecule has 5 heteroatoms. The molecule has 0 spiro atoms. The van der Waals surface area contributed by atoms with E-state index >= 15 is 0 Å². The summed E-state index contributed by atoms with van der Waals surface area (Å²) >= 11 is 0. The zero-order valence-corrected chi connectivity index (χ0v) is 14.2. The number of ether oxygens (including phenoxy) is 1. The summed E-state index contributed by atoms with van der Waals surface area (Å²) in [7, 11) is 1.53. The van der Waals surface area contributed by atoms with Gasteiger partial charge in [0, 0.05) is 13.2 Å². The Labute approximate surface area is 115 Å². The lowest BCUT2D eigenvalue weighted by Crippen LogP contribution is -2.51. The van der Waals surface area contributed by atoms with Crippen molar-refractivity contribution in [3.63, 3.8) is 0 Å². The third kappa shape index (κ3) is 5.53. The summed E-state index contributed by atoms with van der Waals surface area (Å²) in [5, 5.41) is 0. The summed E-state index contributed by atoms with van der Waals surface area (Å²) in [4.78, 5) is 0. The fraction of sp³-hybridized carbons (Fsp3) is 0.923. The standard InChI is InChI=1S/C13H28O3Si2/c1-5-11-17(3)12-7-6-10-15-18(4,16-17)13-8-9-14-2/h2H,5-13H2,1,3-4H3. The average Bonchev–Trinajstić information content (AvgIpc) is 2.27. The van der Waals surface area contributed by atoms with E-state index in [9.17, 15) is 0 Å². The summed E-state index contributed by atoms with van der Waals surface area (Å²) < 4.78 is 17.4. The van der Waals surface area contributed by atoms with E-state index in [0.29, 0.717) is 6.61 Å². The van der Waals surface area contributed by atoms with Crippen LogP contribution in [0.15, 0.2) is 0 Å². The molecule has 0 amide bonds. The normalized spacial score (nSPS) is 34.0. The van der Waals surface area contributed by atoms with Crippen molar-refractivity contribution in [3.05, 3.63) is 7.11 Å². The fourth-order valence-corrected chi connectivity index (χ4v) is 12.2. The highest BCUT2D eigenvalue weighted by molar-refractivity contribution is 6.83. The molecule has 0 N–H and O–H groups in total. The van der Waals surface area contributed by atoms with Crippen molar-refractivity contribution in [3.8, 4) is 0 Å². The number of hydrogen-bond donors (Lipinski definition) is 0. The van der Waals surface area contributed by atoms with Crippen molar-refractivity contribution in [1.29, 1.82) is 0 Å². The Morgan fingerprint density at radius 1 is 1.22 bits per heavy atom. The summed E-state index contributed by atoms with van der Waals surface area (Å²) in [6.07, 6.45) is 4.61. The van der Waals surface area contributed by atoms with Crippen LogP contribution in [-0.4, -0.2) is 30.1 Å². The first-order valence-corrected chi connectivity index (χ1v) is 12.5. The lowest BCUT2D eigenvalue weighted by atomic mass is 10.4. The van der Waals surface area contributed by atoms with Crippen LogP contribution in [0, 0.1) is 7.11 Å². The lowest BCUT2D eigenvalue weighted by Gasteiger charge is -2.39. The van der Waals surface area contributed by atoms with Gasteiger partial charge in [0.1, 0.15) is 7.11 Å². The minimum atomic E-state index is -2.00. The molecule has 18 heavy (non-hydrogen) atoms. The molecule has 1 aliphatic rings. The highest BCUT2D eigenvalue weighted by atomic mass is 28.4. The van der Waals surface area contributed by atoms with Crippen LogP contribution in [0.3, 0.4) is 0 Å². The predicted molar refractivity (Wildman–Crippen MR) is 79.1 cm³/mol. The highest BCUT2D eigenvalue weighted by Gasteiger charge is 2.41. The minimum absolute atomic E-state index is 0.599. The molecule has 0 aromatic heterocycles. The van der Waals surface area contributed by atoms with E-state index in [1.807, 2.05) is 0 Å². The Kier molecular flexibility index (Phi) is 7.09. The smallest absolute Gasteiger partial charge is 0.324 e. The first-order chi connectivity index (χ1) is 8.54. The quantitative estimate of drug-likeness (QED) is 0.547. The molecule has 1 aliphatic heterocycles. The molecule has 2 atom stereocenters. The van der Waals surface area contributed by atoms with Crippen molar-refractivity contribution in [1.82, 2.24) is 0 Å². The molecular weight excluding hydrogens is 260 g/mol. The van der Waals surface area contributed by atoms with Gasteiger partial charge in [0.05, 0.1) is 0 Å². The van der Waals surface area contributed by atoms with Crippen LogP contribution in [0.2, 0.25) is 31.2 Å². The second kappa shape index (κ2) is 7.79. The Bertz CT molecular complexity index is 240. The van der Waals surface area contributed by atoms with Crippen molar-refractivity contribution >= 4 is 16.9 Å². The highest BCUT2D eigenvalue weighted by Crippen LogP contribution is 2.31. The molecule has 1 saturated heterocycles. The monoisotopic (exact) mass is 288 g/mol. The summed E-state index contributed by atoms with van der Waals surface area (Å²) in [5.41, 5.74) is 0. The molecule has 0 aliphatic carbocycles. The molecule has 0 aromatic rings. The van der Waals surface area contributed by atoms with Gasteiger partial charge >= 0.3 is 8.56 Å². The van der Waals surface area contributed by atoms with Crippen LogP contribution >= 0.6 is 0 Å². The van der Waals surface area contributed by atoms with E-state index in [1.165, 1.54) is 31.4 Å². The first-order valence-electron chi connectivity index (χ1n) is 7.19. The third-order valence-corrected chi connectivity index (χ3v) is 12.4. The van der Waals surface area contributed by atoms with Gasteiger partial charge in [0.25, 0.3) is 0 Å². The third-order valence-electron chi connectivity index (χ3n) is 3.64. The number of hydrogen-bond acceptors (Lipinski definition) is 3. The van der Waals surface area contributed by atoms with Gasteiger partial charge in [0.15, 0.2) is 8.32 Å². The van der Waals surface area contributed by atoms with Crippen molar-refractivity contribution in [2.24, 2.45) is 0 Å². The van der Waals surface area contributed by atoms with E-state index in [2.05, 4.69) is 24.8 Å². The van der Waals surface area contributed by atoms with E-state index in [-0.39, 0.29) is 0 Å². The van der Waals surface area contributed by atoms with Gasteiger partial charge in [-0.25, -0.2) is 0 Å². The van der Waals surface area contributed by atoms with Crippen LogP contribution < -0.4 is 0 Å². The van der Waals surface area contributed by atoms with E-state index in [4.69, 9.17) is 15.7 Å².